The predicted octanol–water partition coefficient (Wildman–Crippen LogP) is -0.427. The van der Waals surface area contributed by atoms with Crippen molar-refractivity contribution in [3.8, 4) is 0 Å². The number of hydrogen-bond donors (Lipinski definition) is 1. The maximum atomic E-state index is 10.9. The fourth-order valence-corrected chi connectivity index (χ4v) is 1.50. The molecule has 0 amide bonds. The molecule has 0 aromatic heterocycles. The summed E-state index contributed by atoms with van der Waals surface area (Å²) >= 11 is 0. The van der Waals surface area contributed by atoms with Crippen LogP contribution in [-0.2, 0) is 19.3 Å². The Kier molecular flexibility index (Phi) is 10.7. The van der Waals surface area contributed by atoms with Crippen molar-refractivity contribution in [2.24, 2.45) is 0 Å². The van der Waals surface area contributed by atoms with Crippen LogP contribution in [0.5, 0.6) is 0 Å². The molecule has 5 nitrogen and oxygen atoms in total. The third-order valence-electron chi connectivity index (χ3n) is 1.21. The van der Waals surface area contributed by atoms with E-state index in [1.165, 1.54) is 6.08 Å². The van der Waals surface area contributed by atoms with E-state index in [0.717, 1.165) is 0 Å². The van der Waals surface area contributed by atoms with Gasteiger partial charge in [0, 0.05) is 0 Å². The number of rotatable bonds is 7. The third-order valence-corrected chi connectivity index (χ3v) is 2.30. The summed E-state index contributed by atoms with van der Waals surface area (Å²) in [6.07, 6.45) is 0.785. The van der Waals surface area contributed by atoms with E-state index < -0.39 is 22.0 Å². The average molecular weight is 234 g/mol. The van der Waals surface area contributed by atoms with Gasteiger partial charge in [-0.15, -0.1) is 10.9 Å². The standard InChI is InChI=1S/C7H14O5S.Na.H/c1-3-5-11-12-13(9,10)6-7(8)4-2;;/h3,7-8H,1,4-6H2,2H3;;. The van der Waals surface area contributed by atoms with Crippen LogP contribution in [0.2, 0.25) is 0 Å². The second-order valence-corrected chi connectivity index (χ2v) is 4.01. The summed E-state index contributed by atoms with van der Waals surface area (Å²) in [6, 6.07) is 0. The predicted molar refractivity (Wildman–Crippen MR) is 54.5 cm³/mol. The first-order valence-corrected chi connectivity index (χ1v) is 5.42. The summed E-state index contributed by atoms with van der Waals surface area (Å²) in [4.78, 5) is 4.28. The van der Waals surface area contributed by atoms with Gasteiger partial charge in [-0.2, -0.15) is 8.42 Å². The van der Waals surface area contributed by atoms with Gasteiger partial charge in [-0.3, -0.25) is 0 Å². The summed E-state index contributed by atoms with van der Waals surface area (Å²) in [7, 11) is -3.79. The van der Waals surface area contributed by atoms with E-state index in [0.29, 0.717) is 6.42 Å². The van der Waals surface area contributed by atoms with E-state index in [-0.39, 0.29) is 36.2 Å². The molecule has 0 heterocycles. The third kappa shape index (κ3) is 9.14. The molecule has 0 aromatic rings. The second kappa shape index (κ2) is 8.84. The molecule has 0 fully saturated rings. The Labute approximate surface area is 106 Å². The summed E-state index contributed by atoms with van der Waals surface area (Å²) < 4.78 is 25.9. The molecule has 1 N–H and O–H groups in total. The van der Waals surface area contributed by atoms with Crippen molar-refractivity contribution in [3.63, 3.8) is 0 Å². The molecule has 80 valence electrons. The Bertz CT molecular complexity index is 238. The van der Waals surface area contributed by atoms with Crippen LogP contribution in [0.15, 0.2) is 12.7 Å². The maximum absolute atomic E-state index is 10.9. The van der Waals surface area contributed by atoms with Crippen LogP contribution in [0.3, 0.4) is 0 Å². The molecule has 0 spiro atoms. The zero-order valence-corrected chi connectivity index (χ0v) is 8.29. The quantitative estimate of drug-likeness (QED) is 0.213. The molecule has 7 heteroatoms. The molecule has 14 heavy (non-hydrogen) atoms. The molecule has 1 unspecified atom stereocenters. The molecule has 0 bridgehead atoms. The van der Waals surface area contributed by atoms with Gasteiger partial charge in [0.2, 0.25) is 0 Å². The van der Waals surface area contributed by atoms with E-state index in [4.69, 9.17) is 5.11 Å². The van der Waals surface area contributed by atoms with Gasteiger partial charge < -0.3 is 5.11 Å². The molecular weight excluding hydrogens is 219 g/mol. The van der Waals surface area contributed by atoms with E-state index >= 15 is 0 Å². The van der Waals surface area contributed by atoms with Gasteiger partial charge in [-0.1, -0.05) is 13.0 Å². The zero-order valence-electron chi connectivity index (χ0n) is 7.47. The van der Waals surface area contributed by atoms with Crippen molar-refractivity contribution < 1.29 is 22.7 Å². The summed E-state index contributed by atoms with van der Waals surface area (Å²) in [5.41, 5.74) is 0. The van der Waals surface area contributed by atoms with Gasteiger partial charge in [0.15, 0.2) is 0 Å². The monoisotopic (exact) mass is 234 g/mol. The minimum atomic E-state index is -3.79. The van der Waals surface area contributed by atoms with E-state index in [1.807, 2.05) is 0 Å². The first-order valence-electron chi connectivity index (χ1n) is 3.84. The Hall–Kier alpha value is 0.570. The molecule has 0 saturated heterocycles. The van der Waals surface area contributed by atoms with Crippen molar-refractivity contribution >= 4 is 39.7 Å². The van der Waals surface area contributed by atoms with Gasteiger partial charge >= 0.3 is 29.6 Å². The van der Waals surface area contributed by atoms with E-state index in [9.17, 15) is 8.42 Å². The van der Waals surface area contributed by atoms with Crippen molar-refractivity contribution in [2.45, 2.75) is 19.4 Å². The van der Waals surface area contributed by atoms with Crippen LogP contribution in [0.4, 0.5) is 0 Å². The van der Waals surface area contributed by atoms with Crippen LogP contribution < -0.4 is 0 Å². The SMILES string of the molecule is C=CCOOS(=O)(=O)CC(O)CC.[NaH]. The van der Waals surface area contributed by atoms with Crippen molar-refractivity contribution in [1.29, 1.82) is 0 Å². The van der Waals surface area contributed by atoms with Crippen LogP contribution >= 0.6 is 0 Å². The van der Waals surface area contributed by atoms with E-state index in [1.54, 1.807) is 6.92 Å². The Balaban J connectivity index is 0. The molecular formula is C7H15NaO5S. The molecule has 0 aromatic carbocycles. The topological polar surface area (TPSA) is 72.8 Å². The average Bonchev–Trinajstić information content (AvgIpc) is 2.03. The first kappa shape index (κ1) is 17.0. The minimum absolute atomic E-state index is 0. The van der Waals surface area contributed by atoms with Gasteiger partial charge in [0.05, 0.1) is 6.10 Å². The molecule has 0 aliphatic heterocycles. The zero-order chi connectivity index (χ0) is 10.3. The first-order chi connectivity index (χ1) is 6.02. The van der Waals surface area contributed by atoms with E-state index in [2.05, 4.69) is 15.8 Å². The molecule has 0 aliphatic rings. The van der Waals surface area contributed by atoms with Crippen LogP contribution in [-0.4, -0.2) is 61.5 Å². The van der Waals surface area contributed by atoms with Gasteiger partial charge in [0.1, 0.15) is 12.4 Å². The van der Waals surface area contributed by atoms with Crippen LogP contribution in [0.25, 0.3) is 0 Å². The summed E-state index contributed by atoms with van der Waals surface area (Å²) in [5, 5.41) is 9.02. The molecule has 0 saturated carbocycles. The Morgan fingerprint density at radius 3 is 2.57 bits per heavy atom. The van der Waals surface area contributed by atoms with Gasteiger partial charge in [-0.25, -0.2) is 4.89 Å². The molecule has 1 atom stereocenters. The van der Waals surface area contributed by atoms with Crippen molar-refractivity contribution in [3.05, 3.63) is 12.7 Å². The molecule has 0 aliphatic carbocycles. The Morgan fingerprint density at radius 1 is 1.57 bits per heavy atom. The molecule has 0 rings (SSSR count). The van der Waals surface area contributed by atoms with Gasteiger partial charge in [-0.05, 0) is 6.42 Å². The fourth-order valence-electron chi connectivity index (χ4n) is 0.530. The van der Waals surface area contributed by atoms with Crippen LogP contribution in [0.1, 0.15) is 13.3 Å². The van der Waals surface area contributed by atoms with Crippen LogP contribution in [0, 0.1) is 0 Å². The van der Waals surface area contributed by atoms with Gasteiger partial charge in [0.25, 0.3) is 10.1 Å². The summed E-state index contributed by atoms with van der Waals surface area (Å²) in [5.74, 6) is -0.458. The van der Waals surface area contributed by atoms with Crippen molar-refractivity contribution in [2.75, 3.05) is 12.4 Å². The fraction of sp³-hybridized carbons (Fsp3) is 0.714. The number of aliphatic hydroxyl groups excluding tert-OH is 1. The molecule has 0 radical (unpaired) electrons. The number of aliphatic hydroxyl groups is 1. The summed E-state index contributed by atoms with van der Waals surface area (Å²) in [6.45, 7) is 4.97. The number of hydrogen-bond acceptors (Lipinski definition) is 5. The second-order valence-electron chi connectivity index (χ2n) is 2.43. The van der Waals surface area contributed by atoms with Crippen molar-refractivity contribution in [1.82, 2.24) is 0 Å². The Morgan fingerprint density at radius 2 is 2.14 bits per heavy atom. The normalized spacial score (nSPS) is 13.0.